The molecule has 0 spiro atoms. The summed E-state index contributed by atoms with van der Waals surface area (Å²) in [5.74, 6) is 2.00. The van der Waals surface area contributed by atoms with Crippen LogP contribution in [0.1, 0.15) is 47.8 Å². The van der Waals surface area contributed by atoms with E-state index in [0.717, 1.165) is 25.9 Å². The number of aliphatic hydroxyl groups is 1. The second kappa shape index (κ2) is 8.30. The standard InChI is InChI=1S/C22H32N4O6S/c27-4-3-25-8-17-18(9-25)19(17)12-33(29,30)26-15-1-2-16(26)6-14(5-15)23-22(28)20-7-21(32-24-20)13-10-31-11-13/h7,13-19,27H,1-6,8-12H2,(H,23,28). The van der Waals surface area contributed by atoms with Gasteiger partial charge in [-0.05, 0) is 43.4 Å². The second-order valence-corrected chi connectivity index (χ2v) is 12.4. The Morgan fingerprint density at radius 2 is 1.88 bits per heavy atom. The summed E-state index contributed by atoms with van der Waals surface area (Å²) in [6, 6.07) is 1.55. The molecule has 4 atom stereocenters. The van der Waals surface area contributed by atoms with E-state index in [4.69, 9.17) is 14.4 Å². The maximum Gasteiger partial charge on any atom is 0.273 e. The minimum atomic E-state index is -3.32. The second-order valence-electron chi connectivity index (χ2n) is 10.5. The van der Waals surface area contributed by atoms with Crippen LogP contribution < -0.4 is 5.32 Å². The number of β-amino-alcohol motifs (C(OH)–C–C–N with tert-alkyl or cyclic N) is 1. The number of sulfonamides is 1. The summed E-state index contributed by atoms with van der Waals surface area (Å²) in [5, 5.41) is 16.1. The first-order valence-corrected chi connectivity index (χ1v) is 13.7. The summed E-state index contributed by atoms with van der Waals surface area (Å²) in [6.45, 7) is 3.84. The first-order valence-electron chi connectivity index (χ1n) is 12.1. The number of hydrogen-bond donors (Lipinski definition) is 2. The topological polar surface area (TPSA) is 125 Å². The van der Waals surface area contributed by atoms with Crippen molar-refractivity contribution in [1.29, 1.82) is 0 Å². The Bertz CT molecular complexity index is 984. The van der Waals surface area contributed by atoms with Gasteiger partial charge in [0.2, 0.25) is 10.0 Å². The third kappa shape index (κ3) is 4.01. The van der Waals surface area contributed by atoms with Crippen molar-refractivity contribution in [3.8, 4) is 0 Å². The molecule has 5 fully saturated rings. The van der Waals surface area contributed by atoms with Crippen molar-refractivity contribution >= 4 is 15.9 Å². The molecule has 5 heterocycles. The van der Waals surface area contributed by atoms with Crippen LogP contribution in [-0.2, 0) is 14.8 Å². The van der Waals surface area contributed by atoms with Crippen molar-refractivity contribution in [2.45, 2.75) is 49.7 Å². The number of aliphatic hydroxyl groups excluding tert-OH is 1. The average molecular weight is 481 g/mol. The summed E-state index contributed by atoms with van der Waals surface area (Å²) in [4.78, 5) is 14.9. The Morgan fingerprint density at radius 1 is 1.18 bits per heavy atom. The van der Waals surface area contributed by atoms with E-state index in [1.807, 2.05) is 0 Å². The van der Waals surface area contributed by atoms with Gasteiger partial charge in [0.25, 0.3) is 5.91 Å². The number of rotatable bonds is 8. The molecule has 2 bridgehead atoms. The number of nitrogens with zero attached hydrogens (tertiary/aromatic N) is 3. The number of carbonyl (C=O) groups is 1. The lowest BCUT2D eigenvalue weighted by Gasteiger charge is -2.38. The zero-order chi connectivity index (χ0) is 22.7. The van der Waals surface area contributed by atoms with Gasteiger partial charge in [-0.3, -0.25) is 4.79 Å². The van der Waals surface area contributed by atoms with E-state index in [2.05, 4.69) is 15.4 Å². The molecule has 182 valence electrons. The molecule has 1 saturated carbocycles. The molecule has 1 aliphatic carbocycles. The van der Waals surface area contributed by atoms with Crippen LogP contribution in [0.2, 0.25) is 0 Å². The van der Waals surface area contributed by atoms with E-state index in [-0.39, 0.29) is 53.9 Å². The lowest BCUT2D eigenvalue weighted by Crippen LogP contribution is -2.53. The van der Waals surface area contributed by atoms with Gasteiger partial charge in [-0.2, -0.15) is 4.31 Å². The molecule has 5 aliphatic rings. The summed E-state index contributed by atoms with van der Waals surface area (Å²) >= 11 is 0. The van der Waals surface area contributed by atoms with Gasteiger partial charge in [0, 0.05) is 43.8 Å². The molecular formula is C22H32N4O6S. The molecule has 4 aliphatic heterocycles. The predicted octanol–water partition coefficient (Wildman–Crippen LogP) is 0.0135. The number of nitrogens with one attached hydrogen (secondary N) is 1. The molecule has 0 aromatic carbocycles. The fourth-order valence-electron chi connectivity index (χ4n) is 6.59. The zero-order valence-corrected chi connectivity index (χ0v) is 19.5. The van der Waals surface area contributed by atoms with Gasteiger partial charge in [-0.25, -0.2) is 8.42 Å². The van der Waals surface area contributed by atoms with E-state index in [1.165, 1.54) is 0 Å². The summed E-state index contributed by atoms with van der Waals surface area (Å²) in [6.07, 6.45) is 3.00. The first-order chi connectivity index (χ1) is 15.9. The molecular weight excluding hydrogens is 448 g/mol. The Labute approximate surface area is 193 Å². The van der Waals surface area contributed by atoms with E-state index >= 15 is 0 Å². The van der Waals surface area contributed by atoms with Crippen molar-refractivity contribution in [1.82, 2.24) is 19.7 Å². The number of hydrogen-bond acceptors (Lipinski definition) is 8. The van der Waals surface area contributed by atoms with Gasteiger partial charge < -0.3 is 24.6 Å². The van der Waals surface area contributed by atoms with Gasteiger partial charge in [0.05, 0.1) is 31.5 Å². The average Bonchev–Trinajstić information content (AvgIpc) is 3.15. The number of amides is 1. The number of aromatic nitrogens is 1. The monoisotopic (exact) mass is 480 g/mol. The van der Waals surface area contributed by atoms with Crippen molar-refractivity contribution in [3.05, 3.63) is 17.5 Å². The molecule has 2 N–H and O–H groups in total. The van der Waals surface area contributed by atoms with Crippen LogP contribution in [0.25, 0.3) is 0 Å². The highest BCUT2D eigenvalue weighted by atomic mass is 32.2. The highest BCUT2D eigenvalue weighted by Crippen LogP contribution is 2.53. The Kier molecular flexibility index (Phi) is 5.52. The van der Waals surface area contributed by atoms with Gasteiger partial charge in [-0.15, -0.1) is 0 Å². The number of carbonyl (C=O) groups excluding carboxylic acids is 1. The van der Waals surface area contributed by atoms with Crippen LogP contribution in [0.3, 0.4) is 0 Å². The third-order valence-corrected chi connectivity index (χ3v) is 10.4. The van der Waals surface area contributed by atoms with E-state index < -0.39 is 10.0 Å². The van der Waals surface area contributed by atoms with Crippen molar-refractivity contribution < 1.29 is 27.6 Å². The van der Waals surface area contributed by atoms with Crippen molar-refractivity contribution in [2.75, 3.05) is 45.2 Å². The molecule has 11 heteroatoms. The molecule has 33 heavy (non-hydrogen) atoms. The van der Waals surface area contributed by atoms with Crippen LogP contribution >= 0.6 is 0 Å². The fourth-order valence-corrected chi connectivity index (χ4v) is 9.04. The largest absolute Gasteiger partial charge is 0.395 e. The Balaban J connectivity index is 1.04. The molecule has 0 radical (unpaired) electrons. The molecule has 4 unspecified atom stereocenters. The fraction of sp³-hybridized carbons (Fsp3) is 0.818. The van der Waals surface area contributed by atoms with Gasteiger partial charge >= 0.3 is 0 Å². The quantitative estimate of drug-likeness (QED) is 0.533. The van der Waals surface area contributed by atoms with Crippen LogP contribution in [-0.4, -0.2) is 97.1 Å². The third-order valence-electron chi connectivity index (χ3n) is 8.39. The zero-order valence-electron chi connectivity index (χ0n) is 18.6. The normalized spacial score (nSPS) is 36.5. The number of likely N-dealkylation sites (tertiary alicyclic amines) is 1. The molecule has 1 aromatic heterocycles. The van der Waals surface area contributed by atoms with E-state index in [9.17, 15) is 13.2 Å². The van der Waals surface area contributed by atoms with Crippen molar-refractivity contribution in [2.24, 2.45) is 17.8 Å². The maximum absolute atomic E-state index is 13.3. The van der Waals surface area contributed by atoms with Gasteiger partial charge in [-0.1, -0.05) is 5.16 Å². The van der Waals surface area contributed by atoms with E-state index in [0.29, 0.717) is 50.2 Å². The highest BCUT2D eigenvalue weighted by Gasteiger charge is 2.58. The summed E-state index contributed by atoms with van der Waals surface area (Å²) in [5.41, 5.74) is 0.273. The lowest BCUT2D eigenvalue weighted by molar-refractivity contribution is -0.00228. The maximum atomic E-state index is 13.3. The molecule has 1 aromatic rings. The molecule has 1 amide bonds. The van der Waals surface area contributed by atoms with E-state index in [1.54, 1.807) is 10.4 Å². The minimum Gasteiger partial charge on any atom is -0.395 e. The SMILES string of the molecule is O=C(NC1CC2CCC(C1)N2S(=O)(=O)CC1C2CN(CCO)CC21)c1cc(C2COC2)on1. The van der Waals surface area contributed by atoms with Gasteiger partial charge in [0.15, 0.2) is 5.69 Å². The smallest absolute Gasteiger partial charge is 0.273 e. The molecule has 10 nitrogen and oxygen atoms in total. The highest BCUT2D eigenvalue weighted by molar-refractivity contribution is 7.89. The molecule has 6 rings (SSSR count). The summed E-state index contributed by atoms with van der Waals surface area (Å²) < 4.78 is 38.9. The lowest BCUT2D eigenvalue weighted by atomic mass is 9.99. The predicted molar refractivity (Wildman–Crippen MR) is 117 cm³/mol. The minimum absolute atomic E-state index is 0.0384. The van der Waals surface area contributed by atoms with Crippen LogP contribution in [0, 0.1) is 17.8 Å². The van der Waals surface area contributed by atoms with Crippen LogP contribution in [0.15, 0.2) is 10.6 Å². The number of ether oxygens (including phenoxy) is 1. The van der Waals surface area contributed by atoms with Gasteiger partial charge in [0.1, 0.15) is 5.76 Å². The van der Waals surface area contributed by atoms with Crippen LogP contribution in [0.5, 0.6) is 0 Å². The number of piperidine rings is 2. The Hall–Kier alpha value is -1.53. The number of fused-ring (bicyclic) bond motifs is 3. The summed E-state index contributed by atoms with van der Waals surface area (Å²) in [7, 11) is -3.32. The Morgan fingerprint density at radius 3 is 2.48 bits per heavy atom. The first kappa shape index (κ1) is 22.0. The molecule has 4 saturated heterocycles. The van der Waals surface area contributed by atoms with Crippen LogP contribution in [0.4, 0.5) is 0 Å². The van der Waals surface area contributed by atoms with Crippen molar-refractivity contribution in [3.63, 3.8) is 0 Å².